The van der Waals surface area contributed by atoms with Gasteiger partial charge in [0, 0.05) is 25.7 Å². The number of rotatable bonds is 6. The maximum absolute atomic E-state index is 5.90. The Morgan fingerprint density at radius 2 is 1.95 bits per heavy atom. The zero-order chi connectivity index (χ0) is 16.1. The van der Waals surface area contributed by atoms with Crippen molar-refractivity contribution < 1.29 is 9.47 Å². The molecule has 2 rings (SSSR count). The van der Waals surface area contributed by atoms with E-state index < -0.39 is 0 Å². The maximum Gasteiger partial charge on any atom is 0.142 e. The number of hydrogen-bond acceptors (Lipinski definition) is 4. The summed E-state index contributed by atoms with van der Waals surface area (Å²) in [6, 6.07) is 7.03. The fraction of sp³-hybridized carbons (Fsp3) is 0.667. The highest BCUT2D eigenvalue weighted by molar-refractivity contribution is 5.60. The smallest absolute Gasteiger partial charge is 0.142 e. The van der Waals surface area contributed by atoms with Crippen LogP contribution >= 0.6 is 0 Å². The number of anilines is 1. The first-order chi connectivity index (χ1) is 10.5. The van der Waals surface area contributed by atoms with Crippen LogP contribution in [0.1, 0.15) is 40.2 Å². The predicted octanol–water partition coefficient (Wildman–Crippen LogP) is 3.20. The van der Waals surface area contributed by atoms with E-state index in [1.165, 1.54) is 11.3 Å². The lowest BCUT2D eigenvalue weighted by atomic mass is 10.1. The highest BCUT2D eigenvalue weighted by atomic mass is 16.5. The number of hydrogen-bond donors (Lipinski definition) is 1. The highest BCUT2D eigenvalue weighted by Gasteiger charge is 2.24. The average Bonchev–Trinajstić information content (AvgIpc) is 2.44. The molecule has 1 aliphatic rings. The molecule has 1 aliphatic heterocycles. The first kappa shape index (κ1) is 17.1. The molecule has 1 aromatic rings. The van der Waals surface area contributed by atoms with E-state index in [2.05, 4.69) is 56.1 Å². The summed E-state index contributed by atoms with van der Waals surface area (Å²) in [7, 11) is 0. The van der Waals surface area contributed by atoms with E-state index in [-0.39, 0.29) is 12.2 Å². The normalized spacial score (nSPS) is 22.2. The molecule has 4 nitrogen and oxygen atoms in total. The molecular formula is C18H30N2O2. The van der Waals surface area contributed by atoms with Crippen molar-refractivity contribution in [3.8, 4) is 5.75 Å². The topological polar surface area (TPSA) is 33.7 Å². The van der Waals surface area contributed by atoms with Crippen LogP contribution < -0.4 is 15.0 Å². The van der Waals surface area contributed by atoms with E-state index in [0.717, 1.165) is 25.4 Å². The molecule has 1 saturated heterocycles. The van der Waals surface area contributed by atoms with Crippen LogP contribution in [0.15, 0.2) is 18.2 Å². The molecule has 124 valence electrons. The van der Waals surface area contributed by atoms with Gasteiger partial charge in [-0.1, -0.05) is 19.9 Å². The quantitative estimate of drug-likeness (QED) is 0.875. The Bertz CT molecular complexity index is 466. The van der Waals surface area contributed by atoms with E-state index in [4.69, 9.17) is 9.47 Å². The van der Waals surface area contributed by atoms with E-state index >= 15 is 0 Å². The Hall–Kier alpha value is -1.26. The average molecular weight is 306 g/mol. The molecule has 22 heavy (non-hydrogen) atoms. The van der Waals surface area contributed by atoms with Crippen LogP contribution in [0.2, 0.25) is 0 Å². The summed E-state index contributed by atoms with van der Waals surface area (Å²) in [5.41, 5.74) is 2.44. The van der Waals surface area contributed by atoms with Crippen LogP contribution in [0.5, 0.6) is 5.75 Å². The van der Waals surface area contributed by atoms with Crippen LogP contribution in [0, 0.1) is 0 Å². The Labute approximate surface area is 134 Å². The Morgan fingerprint density at radius 3 is 2.55 bits per heavy atom. The molecule has 0 spiro atoms. The lowest BCUT2D eigenvalue weighted by Crippen LogP contribution is -2.45. The lowest BCUT2D eigenvalue weighted by molar-refractivity contribution is -0.00534. The maximum atomic E-state index is 5.90. The van der Waals surface area contributed by atoms with Gasteiger partial charge in [-0.05, 0) is 38.5 Å². The molecule has 0 aliphatic carbocycles. The number of benzene rings is 1. The second kappa shape index (κ2) is 7.84. The molecule has 4 heteroatoms. The van der Waals surface area contributed by atoms with Crippen LogP contribution in [-0.2, 0) is 11.3 Å². The van der Waals surface area contributed by atoms with Crippen molar-refractivity contribution in [3.63, 3.8) is 0 Å². The molecule has 1 aromatic carbocycles. The summed E-state index contributed by atoms with van der Waals surface area (Å²) in [5, 5.41) is 3.46. The molecule has 0 aromatic heterocycles. The van der Waals surface area contributed by atoms with Crippen LogP contribution in [0.4, 0.5) is 5.69 Å². The Kier molecular flexibility index (Phi) is 6.09. The van der Waals surface area contributed by atoms with E-state index in [1.54, 1.807) is 0 Å². The SMILES string of the molecule is CCOc1cc(CNC(C)C)ccc1N1CC(C)OC(C)C1. The van der Waals surface area contributed by atoms with Crippen molar-refractivity contribution in [2.24, 2.45) is 0 Å². The first-order valence-electron chi connectivity index (χ1n) is 8.39. The third-order valence-corrected chi connectivity index (χ3v) is 3.80. The van der Waals surface area contributed by atoms with E-state index in [9.17, 15) is 0 Å². The predicted molar refractivity (Wildman–Crippen MR) is 91.8 cm³/mol. The summed E-state index contributed by atoms with van der Waals surface area (Å²) >= 11 is 0. The van der Waals surface area contributed by atoms with Gasteiger partial charge in [0.15, 0.2) is 0 Å². The zero-order valence-electron chi connectivity index (χ0n) is 14.6. The molecule has 0 saturated carbocycles. The third kappa shape index (κ3) is 4.62. The number of nitrogens with one attached hydrogen (secondary N) is 1. The van der Waals surface area contributed by atoms with Crippen molar-refractivity contribution in [1.82, 2.24) is 5.32 Å². The van der Waals surface area contributed by atoms with Gasteiger partial charge in [-0.25, -0.2) is 0 Å². The van der Waals surface area contributed by atoms with Crippen LogP contribution in [0.25, 0.3) is 0 Å². The summed E-state index contributed by atoms with van der Waals surface area (Å²) in [5.74, 6) is 0.979. The van der Waals surface area contributed by atoms with Crippen molar-refractivity contribution in [2.75, 3.05) is 24.6 Å². The van der Waals surface area contributed by atoms with Gasteiger partial charge in [0.1, 0.15) is 5.75 Å². The molecule has 1 N–H and O–H groups in total. The Balaban J connectivity index is 2.18. The third-order valence-electron chi connectivity index (χ3n) is 3.80. The molecule has 1 heterocycles. The Morgan fingerprint density at radius 1 is 1.27 bits per heavy atom. The van der Waals surface area contributed by atoms with Gasteiger partial charge < -0.3 is 19.7 Å². The number of ether oxygens (including phenoxy) is 2. The van der Waals surface area contributed by atoms with Gasteiger partial charge in [0.2, 0.25) is 0 Å². The van der Waals surface area contributed by atoms with E-state index in [1.807, 2.05) is 6.92 Å². The molecule has 1 fully saturated rings. The molecule has 0 radical (unpaired) electrons. The molecule has 0 bridgehead atoms. The van der Waals surface area contributed by atoms with Gasteiger partial charge in [-0.2, -0.15) is 0 Å². The van der Waals surface area contributed by atoms with Gasteiger partial charge in [-0.3, -0.25) is 0 Å². The zero-order valence-corrected chi connectivity index (χ0v) is 14.6. The molecule has 0 amide bonds. The largest absolute Gasteiger partial charge is 0.492 e. The standard InChI is InChI=1S/C18H30N2O2/c1-6-21-18-9-16(10-19-13(2)3)7-8-17(18)20-11-14(4)22-15(5)12-20/h7-9,13-15,19H,6,10-12H2,1-5H3. The first-order valence-corrected chi connectivity index (χ1v) is 8.39. The molecule has 2 unspecified atom stereocenters. The monoisotopic (exact) mass is 306 g/mol. The van der Waals surface area contributed by atoms with Gasteiger partial charge in [0.25, 0.3) is 0 Å². The van der Waals surface area contributed by atoms with Gasteiger partial charge in [-0.15, -0.1) is 0 Å². The van der Waals surface area contributed by atoms with Crippen molar-refractivity contribution in [2.45, 2.75) is 59.4 Å². The van der Waals surface area contributed by atoms with Gasteiger partial charge >= 0.3 is 0 Å². The summed E-state index contributed by atoms with van der Waals surface area (Å²) in [4.78, 5) is 2.38. The minimum absolute atomic E-state index is 0.250. The van der Waals surface area contributed by atoms with Crippen molar-refractivity contribution in [1.29, 1.82) is 0 Å². The lowest BCUT2D eigenvalue weighted by Gasteiger charge is -2.37. The number of nitrogens with zero attached hydrogens (tertiary/aromatic N) is 1. The molecular weight excluding hydrogens is 276 g/mol. The fourth-order valence-corrected chi connectivity index (χ4v) is 2.90. The van der Waals surface area contributed by atoms with Crippen molar-refractivity contribution >= 4 is 5.69 Å². The van der Waals surface area contributed by atoms with E-state index in [0.29, 0.717) is 12.6 Å². The highest BCUT2D eigenvalue weighted by Crippen LogP contribution is 2.32. The van der Waals surface area contributed by atoms with Crippen LogP contribution in [0.3, 0.4) is 0 Å². The van der Waals surface area contributed by atoms with Gasteiger partial charge in [0.05, 0.1) is 24.5 Å². The second-order valence-corrected chi connectivity index (χ2v) is 6.43. The fourth-order valence-electron chi connectivity index (χ4n) is 2.90. The summed E-state index contributed by atoms with van der Waals surface area (Å²) in [6.07, 6.45) is 0.501. The number of morpholine rings is 1. The molecule has 2 atom stereocenters. The second-order valence-electron chi connectivity index (χ2n) is 6.43. The van der Waals surface area contributed by atoms with Crippen LogP contribution in [-0.4, -0.2) is 37.9 Å². The minimum Gasteiger partial charge on any atom is -0.492 e. The summed E-state index contributed by atoms with van der Waals surface area (Å²) in [6.45, 7) is 14.0. The minimum atomic E-state index is 0.250. The summed E-state index contributed by atoms with van der Waals surface area (Å²) < 4.78 is 11.7. The van der Waals surface area contributed by atoms with Crippen molar-refractivity contribution in [3.05, 3.63) is 23.8 Å².